The van der Waals surface area contributed by atoms with Crippen molar-refractivity contribution in [2.75, 3.05) is 11.9 Å². The molecule has 5 heteroatoms. The molecule has 0 aliphatic rings. The number of anilines is 1. The monoisotopic (exact) mass is 250 g/mol. The highest BCUT2D eigenvalue weighted by atomic mass is 16.5. The topological polar surface area (TPSA) is 67.4 Å². The average Bonchev–Trinajstić information content (AvgIpc) is 2.29. The van der Waals surface area contributed by atoms with Crippen molar-refractivity contribution in [3.05, 3.63) is 30.3 Å². The van der Waals surface area contributed by atoms with E-state index in [1.54, 1.807) is 32.9 Å². The third-order valence-corrected chi connectivity index (χ3v) is 2.24. The second-order valence-electron chi connectivity index (χ2n) is 4.29. The lowest BCUT2D eigenvalue weighted by Crippen LogP contribution is -2.52. The molecule has 0 atom stereocenters. The van der Waals surface area contributed by atoms with Crippen LogP contribution in [0.1, 0.15) is 20.8 Å². The van der Waals surface area contributed by atoms with Crippen molar-refractivity contribution in [2.45, 2.75) is 26.3 Å². The number of amides is 2. The molecule has 0 saturated carbocycles. The summed E-state index contributed by atoms with van der Waals surface area (Å²) in [6, 6.07) is 8.55. The highest BCUT2D eigenvalue weighted by Crippen LogP contribution is 2.08. The first-order chi connectivity index (χ1) is 8.45. The lowest BCUT2D eigenvalue weighted by Gasteiger charge is -2.23. The number of carbonyl (C=O) groups is 2. The lowest BCUT2D eigenvalue weighted by atomic mass is 10.1. The largest absolute Gasteiger partial charge is 0.464 e. The fourth-order valence-corrected chi connectivity index (χ4v) is 1.33. The summed E-state index contributed by atoms with van der Waals surface area (Å²) < 4.78 is 4.88. The van der Waals surface area contributed by atoms with E-state index in [9.17, 15) is 9.59 Å². The molecule has 0 bridgehead atoms. The van der Waals surface area contributed by atoms with Gasteiger partial charge in [0.15, 0.2) is 0 Å². The van der Waals surface area contributed by atoms with Crippen LogP contribution >= 0.6 is 0 Å². The number of carbonyl (C=O) groups excluding carboxylic acids is 2. The van der Waals surface area contributed by atoms with Crippen LogP contribution in [0, 0.1) is 0 Å². The smallest absolute Gasteiger partial charge is 0.331 e. The van der Waals surface area contributed by atoms with Gasteiger partial charge in [0.05, 0.1) is 6.61 Å². The third kappa shape index (κ3) is 4.08. The number of urea groups is 1. The van der Waals surface area contributed by atoms with E-state index in [1.807, 2.05) is 18.2 Å². The molecule has 0 radical (unpaired) electrons. The Morgan fingerprint density at radius 2 is 1.83 bits per heavy atom. The van der Waals surface area contributed by atoms with Gasteiger partial charge < -0.3 is 15.4 Å². The zero-order chi connectivity index (χ0) is 13.6. The van der Waals surface area contributed by atoms with E-state index in [-0.39, 0.29) is 6.61 Å². The van der Waals surface area contributed by atoms with Crippen LogP contribution < -0.4 is 10.6 Å². The van der Waals surface area contributed by atoms with E-state index in [0.29, 0.717) is 5.69 Å². The summed E-state index contributed by atoms with van der Waals surface area (Å²) >= 11 is 0. The number of hydrogen-bond acceptors (Lipinski definition) is 3. The zero-order valence-corrected chi connectivity index (χ0v) is 10.8. The molecule has 1 aromatic carbocycles. The van der Waals surface area contributed by atoms with Crippen molar-refractivity contribution in [1.82, 2.24) is 5.32 Å². The van der Waals surface area contributed by atoms with Gasteiger partial charge in [0.2, 0.25) is 0 Å². The molecular formula is C13H18N2O3. The standard InChI is InChI=1S/C13H18N2O3/c1-4-18-11(16)13(2,3)15-12(17)14-10-8-6-5-7-9-10/h5-9H,4H2,1-3H3,(H2,14,15,17). The van der Waals surface area contributed by atoms with Crippen LogP contribution in [0.5, 0.6) is 0 Å². The van der Waals surface area contributed by atoms with Gasteiger partial charge in [-0.2, -0.15) is 0 Å². The Morgan fingerprint density at radius 1 is 1.22 bits per heavy atom. The summed E-state index contributed by atoms with van der Waals surface area (Å²) in [7, 11) is 0. The van der Waals surface area contributed by atoms with Crippen molar-refractivity contribution in [3.63, 3.8) is 0 Å². The molecule has 0 heterocycles. The number of ether oxygens (including phenoxy) is 1. The van der Waals surface area contributed by atoms with Crippen LogP contribution in [0.2, 0.25) is 0 Å². The van der Waals surface area contributed by atoms with Gasteiger partial charge in [0.25, 0.3) is 0 Å². The lowest BCUT2D eigenvalue weighted by molar-refractivity contribution is -0.149. The van der Waals surface area contributed by atoms with Crippen LogP contribution in [-0.4, -0.2) is 24.1 Å². The molecule has 0 saturated heterocycles. The fourth-order valence-electron chi connectivity index (χ4n) is 1.33. The molecule has 5 nitrogen and oxygen atoms in total. The molecule has 18 heavy (non-hydrogen) atoms. The second kappa shape index (κ2) is 6.05. The van der Waals surface area contributed by atoms with Crippen molar-refractivity contribution in [2.24, 2.45) is 0 Å². The van der Waals surface area contributed by atoms with Gasteiger partial charge in [-0.1, -0.05) is 18.2 Å². The Balaban J connectivity index is 2.56. The minimum atomic E-state index is -1.06. The molecule has 0 unspecified atom stereocenters. The van der Waals surface area contributed by atoms with E-state index >= 15 is 0 Å². The summed E-state index contributed by atoms with van der Waals surface area (Å²) in [5.41, 5.74) is -0.399. The number of rotatable bonds is 4. The zero-order valence-electron chi connectivity index (χ0n) is 10.8. The van der Waals surface area contributed by atoms with Crippen LogP contribution in [0.4, 0.5) is 10.5 Å². The van der Waals surface area contributed by atoms with Crippen molar-refractivity contribution >= 4 is 17.7 Å². The van der Waals surface area contributed by atoms with Gasteiger partial charge in [0.1, 0.15) is 5.54 Å². The van der Waals surface area contributed by atoms with Crippen molar-refractivity contribution in [3.8, 4) is 0 Å². The number of para-hydroxylation sites is 1. The highest BCUT2D eigenvalue weighted by Gasteiger charge is 2.30. The van der Waals surface area contributed by atoms with E-state index < -0.39 is 17.5 Å². The predicted octanol–water partition coefficient (Wildman–Crippen LogP) is 2.15. The Bertz CT molecular complexity index is 416. The van der Waals surface area contributed by atoms with Crippen LogP contribution in [-0.2, 0) is 9.53 Å². The molecule has 0 aliphatic carbocycles. The van der Waals surface area contributed by atoms with E-state index in [1.165, 1.54) is 0 Å². The molecule has 0 spiro atoms. The van der Waals surface area contributed by atoms with Crippen molar-refractivity contribution in [1.29, 1.82) is 0 Å². The maximum absolute atomic E-state index is 11.7. The first kappa shape index (κ1) is 14.0. The number of esters is 1. The molecule has 2 N–H and O–H groups in total. The minimum Gasteiger partial charge on any atom is -0.464 e. The number of benzene rings is 1. The molecular weight excluding hydrogens is 232 g/mol. The molecule has 2 amide bonds. The van der Waals surface area contributed by atoms with Crippen LogP contribution in [0.25, 0.3) is 0 Å². The van der Waals surface area contributed by atoms with Crippen LogP contribution in [0.3, 0.4) is 0 Å². The first-order valence-electron chi connectivity index (χ1n) is 5.77. The van der Waals surface area contributed by atoms with Gasteiger partial charge in [-0.25, -0.2) is 9.59 Å². The first-order valence-corrected chi connectivity index (χ1v) is 5.77. The Hall–Kier alpha value is -2.04. The maximum Gasteiger partial charge on any atom is 0.331 e. The molecule has 0 aliphatic heterocycles. The quantitative estimate of drug-likeness (QED) is 0.804. The molecule has 1 rings (SSSR count). The second-order valence-corrected chi connectivity index (χ2v) is 4.29. The Morgan fingerprint density at radius 3 is 2.39 bits per heavy atom. The summed E-state index contributed by atoms with van der Waals surface area (Å²) in [6.45, 7) is 5.19. The molecule has 0 fully saturated rings. The summed E-state index contributed by atoms with van der Waals surface area (Å²) in [5, 5.41) is 5.20. The number of nitrogens with one attached hydrogen (secondary N) is 2. The summed E-state index contributed by atoms with van der Waals surface area (Å²) in [4.78, 5) is 23.3. The van der Waals surface area contributed by atoms with E-state index in [2.05, 4.69) is 10.6 Å². The van der Waals surface area contributed by atoms with E-state index in [4.69, 9.17) is 4.74 Å². The molecule has 0 aromatic heterocycles. The van der Waals surface area contributed by atoms with E-state index in [0.717, 1.165) is 0 Å². The van der Waals surface area contributed by atoms with Gasteiger partial charge in [-0.3, -0.25) is 0 Å². The Labute approximate surface area is 107 Å². The summed E-state index contributed by atoms with van der Waals surface area (Å²) in [5.74, 6) is -0.465. The summed E-state index contributed by atoms with van der Waals surface area (Å²) in [6.07, 6.45) is 0. The molecule has 1 aromatic rings. The van der Waals surface area contributed by atoms with Crippen LogP contribution in [0.15, 0.2) is 30.3 Å². The number of hydrogen-bond donors (Lipinski definition) is 2. The fraction of sp³-hybridized carbons (Fsp3) is 0.385. The molecule has 98 valence electrons. The normalized spacial score (nSPS) is 10.6. The third-order valence-electron chi connectivity index (χ3n) is 2.24. The Kier molecular flexibility index (Phi) is 4.71. The average molecular weight is 250 g/mol. The minimum absolute atomic E-state index is 0.282. The predicted molar refractivity (Wildman–Crippen MR) is 69.3 cm³/mol. The van der Waals surface area contributed by atoms with Crippen molar-refractivity contribution < 1.29 is 14.3 Å². The van der Waals surface area contributed by atoms with Gasteiger partial charge in [-0.05, 0) is 32.9 Å². The van der Waals surface area contributed by atoms with Gasteiger partial charge in [-0.15, -0.1) is 0 Å². The highest BCUT2D eigenvalue weighted by molar-refractivity contribution is 5.93. The van der Waals surface area contributed by atoms with Gasteiger partial charge in [0, 0.05) is 5.69 Å². The SMILES string of the molecule is CCOC(=O)C(C)(C)NC(=O)Nc1ccccc1. The maximum atomic E-state index is 11.7. The van der Waals surface area contributed by atoms with Gasteiger partial charge >= 0.3 is 12.0 Å².